The molecule has 1 unspecified atom stereocenters. The van der Waals surface area contributed by atoms with Gasteiger partial charge in [-0.25, -0.2) is 0 Å². The topological polar surface area (TPSA) is 30.2 Å². The van der Waals surface area contributed by atoms with Crippen LogP contribution in [0.4, 0.5) is 0 Å². The summed E-state index contributed by atoms with van der Waals surface area (Å²) in [6.45, 7) is 0. The van der Waals surface area contributed by atoms with Gasteiger partial charge in [0, 0.05) is 12.3 Å². The van der Waals surface area contributed by atoms with Crippen LogP contribution in [0.2, 0.25) is 0 Å². The Hall–Kier alpha value is -1.57. The van der Waals surface area contributed by atoms with E-state index in [2.05, 4.69) is 18.2 Å². The molecule has 0 radical (unpaired) electrons. The standard InChI is InChI=1S/C12H12O2/c13-8-7-11(10-4-1-2-5-10)12-6-3-9-14-12/h1,3-6,8-9,11H,2,7H2. The molecule has 2 heteroatoms. The molecule has 0 bridgehead atoms. The fourth-order valence-corrected chi connectivity index (χ4v) is 1.74. The molecule has 0 aromatic carbocycles. The zero-order chi connectivity index (χ0) is 9.80. The summed E-state index contributed by atoms with van der Waals surface area (Å²) in [5.41, 5.74) is 1.19. The highest BCUT2D eigenvalue weighted by atomic mass is 16.3. The number of rotatable bonds is 4. The summed E-state index contributed by atoms with van der Waals surface area (Å²) >= 11 is 0. The first kappa shape index (κ1) is 9.00. The Morgan fingerprint density at radius 2 is 2.50 bits per heavy atom. The van der Waals surface area contributed by atoms with E-state index in [0.717, 1.165) is 18.5 Å². The summed E-state index contributed by atoms with van der Waals surface area (Å²) < 4.78 is 5.33. The van der Waals surface area contributed by atoms with Gasteiger partial charge in [0.05, 0.1) is 6.26 Å². The fraction of sp³-hybridized carbons (Fsp3) is 0.250. The SMILES string of the molecule is O=CCC(C1=CCC=C1)c1ccco1. The van der Waals surface area contributed by atoms with Gasteiger partial charge in [-0.05, 0) is 24.1 Å². The zero-order valence-electron chi connectivity index (χ0n) is 7.85. The summed E-state index contributed by atoms with van der Waals surface area (Å²) in [5.74, 6) is 0.969. The first-order chi connectivity index (χ1) is 6.92. The van der Waals surface area contributed by atoms with Crippen LogP contribution in [0.1, 0.15) is 24.5 Å². The molecule has 2 rings (SSSR count). The molecule has 14 heavy (non-hydrogen) atoms. The quantitative estimate of drug-likeness (QED) is 0.680. The highest BCUT2D eigenvalue weighted by Crippen LogP contribution is 2.30. The van der Waals surface area contributed by atoms with Crippen LogP contribution < -0.4 is 0 Å². The first-order valence-corrected chi connectivity index (χ1v) is 4.75. The van der Waals surface area contributed by atoms with Crippen molar-refractivity contribution in [2.45, 2.75) is 18.8 Å². The van der Waals surface area contributed by atoms with Gasteiger partial charge >= 0.3 is 0 Å². The van der Waals surface area contributed by atoms with E-state index in [-0.39, 0.29) is 5.92 Å². The smallest absolute Gasteiger partial charge is 0.121 e. The van der Waals surface area contributed by atoms with Gasteiger partial charge in [-0.2, -0.15) is 0 Å². The fourth-order valence-electron chi connectivity index (χ4n) is 1.74. The third-order valence-electron chi connectivity index (χ3n) is 2.42. The second kappa shape index (κ2) is 4.09. The second-order valence-electron chi connectivity index (χ2n) is 3.31. The van der Waals surface area contributed by atoms with Gasteiger partial charge in [-0.15, -0.1) is 0 Å². The Bertz CT molecular complexity index is 358. The number of hydrogen-bond donors (Lipinski definition) is 0. The van der Waals surface area contributed by atoms with Crippen molar-refractivity contribution in [3.63, 3.8) is 0 Å². The highest BCUT2D eigenvalue weighted by Gasteiger charge is 2.18. The van der Waals surface area contributed by atoms with Crippen LogP contribution in [0.25, 0.3) is 0 Å². The monoisotopic (exact) mass is 188 g/mol. The van der Waals surface area contributed by atoms with Crippen molar-refractivity contribution in [2.24, 2.45) is 0 Å². The number of allylic oxidation sites excluding steroid dienone is 4. The van der Waals surface area contributed by atoms with E-state index in [4.69, 9.17) is 4.42 Å². The molecule has 0 amide bonds. The molecule has 1 aliphatic rings. The summed E-state index contributed by atoms with van der Waals surface area (Å²) in [6.07, 6.45) is 10.3. The number of aldehydes is 1. The Labute approximate surface area is 82.9 Å². The van der Waals surface area contributed by atoms with Crippen LogP contribution in [0, 0.1) is 0 Å². The van der Waals surface area contributed by atoms with Gasteiger partial charge in [0.2, 0.25) is 0 Å². The van der Waals surface area contributed by atoms with Crippen molar-refractivity contribution in [1.82, 2.24) is 0 Å². The Morgan fingerprint density at radius 3 is 3.07 bits per heavy atom. The lowest BCUT2D eigenvalue weighted by molar-refractivity contribution is -0.108. The minimum absolute atomic E-state index is 0.0984. The number of hydrogen-bond acceptors (Lipinski definition) is 2. The Kier molecular flexibility index (Phi) is 2.63. The minimum atomic E-state index is 0.0984. The summed E-state index contributed by atoms with van der Waals surface area (Å²) in [7, 11) is 0. The lowest BCUT2D eigenvalue weighted by Crippen LogP contribution is -1.99. The molecule has 0 N–H and O–H groups in total. The molecular weight excluding hydrogens is 176 g/mol. The van der Waals surface area contributed by atoms with Crippen LogP contribution >= 0.6 is 0 Å². The first-order valence-electron chi connectivity index (χ1n) is 4.75. The molecule has 1 heterocycles. The van der Waals surface area contributed by atoms with E-state index in [0.29, 0.717) is 6.42 Å². The number of furan rings is 1. The molecule has 2 nitrogen and oxygen atoms in total. The highest BCUT2D eigenvalue weighted by molar-refractivity contribution is 5.54. The maximum atomic E-state index is 10.6. The van der Waals surface area contributed by atoms with E-state index in [9.17, 15) is 4.79 Å². The van der Waals surface area contributed by atoms with Gasteiger partial charge in [0.25, 0.3) is 0 Å². The predicted molar refractivity (Wildman–Crippen MR) is 54.0 cm³/mol. The largest absolute Gasteiger partial charge is 0.469 e. The predicted octanol–water partition coefficient (Wildman–Crippen LogP) is 2.84. The number of carbonyl (C=O) groups excluding carboxylic acids is 1. The normalized spacial score (nSPS) is 16.7. The average Bonchev–Trinajstić information content (AvgIpc) is 2.87. The van der Waals surface area contributed by atoms with Gasteiger partial charge in [-0.3, -0.25) is 0 Å². The van der Waals surface area contributed by atoms with Crippen LogP contribution in [-0.4, -0.2) is 6.29 Å². The molecule has 0 fully saturated rings. The van der Waals surface area contributed by atoms with Crippen molar-refractivity contribution < 1.29 is 9.21 Å². The molecule has 1 aromatic heterocycles. The van der Waals surface area contributed by atoms with Gasteiger partial charge in [0.1, 0.15) is 12.0 Å². The Balaban J connectivity index is 2.23. The molecule has 1 aromatic rings. The molecule has 1 atom stereocenters. The lowest BCUT2D eigenvalue weighted by Gasteiger charge is -2.10. The summed E-state index contributed by atoms with van der Waals surface area (Å²) in [5, 5.41) is 0. The van der Waals surface area contributed by atoms with Gasteiger partial charge < -0.3 is 9.21 Å². The zero-order valence-corrected chi connectivity index (χ0v) is 7.85. The molecule has 0 saturated carbocycles. The number of carbonyl (C=O) groups is 1. The van der Waals surface area contributed by atoms with Crippen molar-refractivity contribution in [3.8, 4) is 0 Å². The van der Waals surface area contributed by atoms with Crippen molar-refractivity contribution in [2.75, 3.05) is 0 Å². The van der Waals surface area contributed by atoms with E-state index >= 15 is 0 Å². The van der Waals surface area contributed by atoms with Crippen LogP contribution in [0.3, 0.4) is 0 Å². The summed E-state index contributed by atoms with van der Waals surface area (Å²) in [4.78, 5) is 10.6. The van der Waals surface area contributed by atoms with Crippen molar-refractivity contribution in [1.29, 1.82) is 0 Å². The van der Waals surface area contributed by atoms with Gasteiger partial charge in [-0.1, -0.05) is 18.2 Å². The van der Waals surface area contributed by atoms with Crippen LogP contribution in [0.5, 0.6) is 0 Å². The van der Waals surface area contributed by atoms with E-state index < -0.39 is 0 Å². The molecule has 0 aliphatic heterocycles. The molecule has 0 spiro atoms. The molecular formula is C12H12O2. The van der Waals surface area contributed by atoms with Crippen LogP contribution in [0.15, 0.2) is 46.6 Å². The second-order valence-corrected chi connectivity index (χ2v) is 3.31. The summed E-state index contributed by atoms with van der Waals surface area (Å²) in [6, 6.07) is 3.77. The van der Waals surface area contributed by atoms with Gasteiger partial charge in [0.15, 0.2) is 0 Å². The van der Waals surface area contributed by atoms with E-state index in [1.165, 1.54) is 5.57 Å². The van der Waals surface area contributed by atoms with E-state index in [1.54, 1.807) is 6.26 Å². The van der Waals surface area contributed by atoms with Crippen molar-refractivity contribution >= 4 is 6.29 Å². The Morgan fingerprint density at radius 1 is 1.57 bits per heavy atom. The molecule has 0 saturated heterocycles. The molecule has 72 valence electrons. The van der Waals surface area contributed by atoms with Crippen molar-refractivity contribution in [3.05, 3.63) is 48.0 Å². The average molecular weight is 188 g/mol. The molecule has 1 aliphatic carbocycles. The third kappa shape index (κ3) is 1.69. The van der Waals surface area contributed by atoms with E-state index in [1.807, 2.05) is 12.1 Å². The maximum Gasteiger partial charge on any atom is 0.121 e. The maximum absolute atomic E-state index is 10.6. The van der Waals surface area contributed by atoms with Crippen LogP contribution in [-0.2, 0) is 4.79 Å². The minimum Gasteiger partial charge on any atom is -0.469 e. The third-order valence-corrected chi connectivity index (χ3v) is 2.42. The lowest BCUT2D eigenvalue weighted by atomic mass is 9.94.